The van der Waals surface area contributed by atoms with Crippen molar-refractivity contribution in [1.29, 1.82) is 0 Å². The van der Waals surface area contributed by atoms with E-state index in [-0.39, 0.29) is 10.2 Å². The van der Waals surface area contributed by atoms with Gasteiger partial charge in [0.1, 0.15) is 11.4 Å². The van der Waals surface area contributed by atoms with Crippen LogP contribution in [-0.4, -0.2) is 20.3 Å². The summed E-state index contributed by atoms with van der Waals surface area (Å²) >= 11 is 1.14. The van der Waals surface area contributed by atoms with Crippen LogP contribution in [0.15, 0.2) is 22.7 Å². The molecule has 1 fully saturated rings. The zero-order valence-electron chi connectivity index (χ0n) is 15.2. The molecule has 0 aliphatic heterocycles. The molecule has 1 aliphatic rings. The summed E-state index contributed by atoms with van der Waals surface area (Å²) in [5.74, 6) is -0.345. The third kappa shape index (κ3) is 4.20. The standard InChI is InChI=1S/C18H22FN3O3S2/c1-3-11-8-13(19)9-12(4-2)15(11)21-16(23)22-27(25)17-20-10-14(26-17)18(24)6-5-7-18/h8-10,24H,3-7H2,1-2H3,(H2,21,22,23). The smallest absolute Gasteiger partial charge is 0.331 e. The average Bonchev–Trinajstić information content (AvgIpc) is 3.11. The van der Waals surface area contributed by atoms with Crippen molar-refractivity contribution < 1.29 is 18.5 Å². The van der Waals surface area contributed by atoms with Crippen LogP contribution in [0.5, 0.6) is 0 Å². The summed E-state index contributed by atoms with van der Waals surface area (Å²) in [6, 6.07) is 2.12. The van der Waals surface area contributed by atoms with E-state index in [2.05, 4.69) is 15.0 Å². The number of thiazole rings is 1. The van der Waals surface area contributed by atoms with E-state index >= 15 is 0 Å². The second-order valence-electron chi connectivity index (χ2n) is 6.51. The number of anilines is 1. The third-order valence-electron chi connectivity index (χ3n) is 4.73. The Morgan fingerprint density at radius 2 is 1.96 bits per heavy atom. The molecule has 3 N–H and O–H groups in total. The maximum absolute atomic E-state index is 13.7. The third-order valence-corrected chi connectivity index (χ3v) is 7.22. The first-order valence-electron chi connectivity index (χ1n) is 8.85. The molecule has 9 heteroatoms. The molecule has 1 atom stereocenters. The summed E-state index contributed by atoms with van der Waals surface area (Å²) in [4.78, 5) is 17.0. The Morgan fingerprint density at radius 3 is 2.48 bits per heavy atom. The van der Waals surface area contributed by atoms with Crippen molar-refractivity contribution in [2.75, 3.05) is 5.32 Å². The summed E-state index contributed by atoms with van der Waals surface area (Å²) in [6.07, 6.45) is 4.90. The molecule has 27 heavy (non-hydrogen) atoms. The van der Waals surface area contributed by atoms with Crippen molar-refractivity contribution in [2.45, 2.75) is 55.9 Å². The van der Waals surface area contributed by atoms with Crippen LogP contribution in [-0.2, 0) is 29.4 Å². The van der Waals surface area contributed by atoms with Crippen LogP contribution < -0.4 is 10.0 Å². The number of halogens is 1. The zero-order chi connectivity index (χ0) is 19.6. The monoisotopic (exact) mass is 411 g/mol. The number of nitrogens with one attached hydrogen (secondary N) is 2. The van der Waals surface area contributed by atoms with Crippen molar-refractivity contribution in [1.82, 2.24) is 9.71 Å². The molecule has 0 radical (unpaired) electrons. The van der Waals surface area contributed by atoms with Crippen LogP contribution in [0.3, 0.4) is 0 Å². The fourth-order valence-electron chi connectivity index (χ4n) is 3.03. The molecule has 3 rings (SSSR count). The minimum absolute atomic E-state index is 0.228. The molecule has 1 heterocycles. The van der Waals surface area contributed by atoms with Gasteiger partial charge in [0.15, 0.2) is 11.0 Å². The van der Waals surface area contributed by atoms with Crippen molar-refractivity contribution in [2.24, 2.45) is 0 Å². The van der Waals surface area contributed by atoms with E-state index in [0.717, 1.165) is 17.8 Å². The van der Waals surface area contributed by atoms with Gasteiger partial charge in [0.2, 0.25) is 4.34 Å². The first-order valence-corrected chi connectivity index (χ1v) is 10.8. The Labute approximate surface area is 163 Å². The summed E-state index contributed by atoms with van der Waals surface area (Å²) in [5.41, 5.74) is 1.02. The van der Waals surface area contributed by atoms with Crippen LogP contribution in [0.2, 0.25) is 0 Å². The van der Waals surface area contributed by atoms with Gasteiger partial charge in [-0.1, -0.05) is 13.8 Å². The lowest BCUT2D eigenvalue weighted by Gasteiger charge is -2.35. The minimum atomic E-state index is -1.84. The number of amides is 2. The molecular formula is C18H22FN3O3S2. The van der Waals surface area contributed by atoms with Crippen LogP contribution in [0.25, 0.3) is 0 Å². The quantitative estimate of drug-likeness (QED) is 0.677. The molecule has 1 aliphatic carbocycles. The molecule has 0 bridgehead atoms. The van der Waals surface area contributed by atoms with Crippen LogP contribution >= 0.6 is 11.3 Å². The largest absolute Gasteiger partial charge is 0.384 e. The Morgan fingerprint density at radius 1 is 1.33 bits per heavy atom. The highest BCUT2D eigenvalue weighted by Gasteiger charge is 2.38. The number of aliphatic hydroxyl groups is 1. The van der Waals surface area contributed by atoms with Crippen molar-refractivity contribution in [3.63, 3.8) is 0 Å². The van der Waals surface area contributed by atoms with E-state index in [4.69, 9.17) is 0 Å². The van der Waals surface area contributed by atoms with Crippen molar-refractivity contribution in [3.05, 3.63) is 40.2 Å². The fraction of sp³-hybridized carbons (Fsp3) is 0.444. The Kier molecular flexibility index (Phi) is 5.92. The van der Waals surface area contributed by atoms with E-state index in [9.17, 15) is 18.5 Å². The Balaban J connectivity index is 1.70. The molecule has 2 amide bonds. The topological polar surface area (TPSA) is 91.3 Å². The van der Waals surface area contributed by atoms with Gasteiger partial charge in [-0.2, -0.15) is 0 Å². The second-order valence-corrected chi connectivity index (χ2v) is 8.92. The van der Waals surface area contributed by atoms with E-state index in [0.29, 0.717) is 47.4 Å². The number of rotatable bonds is 6. The number of carbonyl (C=O) groups excluding carboxylic acids is 1. The number of carbonyl (C=O) groups is 1. The first-order chi connectivity index (χ1) is 12.9. The lowest BCUT2D eigenvalue weighted by atomic mass is 9.79. The predicted octanol–water partition coefficient (Wildman–Crippen LogP) is 3.62. The Bertz CT molecular complexity index is 855. The first kappa shape index (κ1) is 19.9. The summed E-state index contributed by atoms with van der Waals surface area (Å²) < 4.78 is 28.7. The number of nitrogens with zero attached hydrogens (tertiary/aromatic N) is 1. The van der Waals surface area contributed by atoms with Gasteiger partial charge in [0.25, 0.3) is 0 Å². The average molecular weight is 412 g/mol. The van der Waals surface area contributed by atoms with Gasteiger partial charge >= 0.3 is 6.03 Å². The highest BCUT2D eigenvalue weighted by molar-refractivity contribution is 7.85. The lowest BCUT2D eigenvalue weighted by Crippen LogP contribution is -2.32. The summed E-state index contributed by atoms with van der Waals surface area (Å²) in [5, 5.41) is 13.0. The molecule has 0 spiro atoms. The van der Waals surface area contributed by atoms with E-state index in [1.165, 1.54) is 18.3 Å². The number of hydrogen-bond donors (Lipinski definition) is 3. The number of aryl methyl sites for hydroxylation is 2. The van der Waals surface area contributed by atoms with E-state index in [1.54, 1.807) is 0 Å². The van der Waals surface area contributed by atoms with E-state index < -0.39 is 22.6 Å². The molecule has 1 unspecified atom stereocenters. The van der Waals surface area contributed by atoms with Crippen molar-refractivity contribution in [3.8, 4) is 0 Å². The van der Waals surface area contributed by atoms with Gasteiger partial charge in [-0.25, -0.2) is 18.4 Å². The highest BCUT2D eigenvalue weighted by Crippen LogP contribution is 2.43. The zero-order valence-corrected chi connectivity index (χ0v) is 16.8. The van der Waals surface area contributed by atoms with Gasteiger partial charge in [0.05, 0.1) is 4.88 Å². The van der Waals surface area contributed by atoms with Gasteiger partial charge < -0.3 is 10.4 Å². The fourth-order valence-corrected chi connectivity index (χ4v) is 4.97. The predicted molar refractivity (Wildman–Crippen MR) is 104 cm³/mol. The molecule has 2 aromatic rings. The molecular weight excluding hydrogens is 389 g/mol. The van der Waals surface area contributed by atoms with Gasteiger partial charge in [-0.05, 0) is 55.4 Å². The molecule has 1 aromatic heterocycles. The summed E-state index contributed by atoms with van der Waals surface area (Å²) in [7, 11) is -1.84. The molecule has 0 saturated heterocycles. The highest BCUT2D eigenvalue weighted by atomic mass is 32.2. The van der Waals surface area contributed by atoms with E-state index in [1.807, 2.05) is 13.8 Å². The minimum Gasteiger partial charge on any atom is -0.384 e. The number of benzene rings is 1. The van der Waals surface area contributed by atoms with Gasteiger partial charge in [0, 0.05) is 11.9 Å². The van der Waals surface area contributed by atoms with Crippen molar-refractivity contribution >= 4 is 34.0 Å². The van der Waals surface area contributed by atoms with Crippen LogP contribution in [0.4, 0.5) is 14.9 Å². The summed E-state index contributed by atoms with van der Waals surface area (Å²) in [6.45, 7) is 3.75. The maximum atomic E-state index is 13.7. The molecule has 1 aromatic carbocycles. The van der Waals surface area contributed by atoms with Gasteiger partial charge in [-0.15, -0.1) is 11.3 Å². The number of hydrogen-bond acceptors (Lipinski definition) is 5. The lowest BCUT2D eigenvalue weighted by molar-refractivity contribution is -0.0356. The molecule has 1 saturated carbocycles. The number of aromatic nitrogens is 1. The maximum Gasteiger partial charge on any atom is 0.331 e. The normalized spacial score (nSPS) is 16.4. The van der Waals surface area contributed by atoms with Gasteiger partial charge in [-0.3, -0.25) is 4.72 Å². The SMILES string of the molecule is CCc1cc(F)cc(CC)c1NC(=O)NS(=O)c1ncc(C2(O)CCC2)s1. The number of urea groups is 1. The molecule has 6 nitrogen and oxygen atoms in total. The van der Waals surface area contributed by atoms with Crippen LogP contribution in [0, 0.1) is 5.82 Å². The molecule has 146 valence electrons. The Hall–Kier alpha value is -1.84. The second kappa shape index (κ2) is 8.04. The van der Waals surface area contributed by atoms with Crippen LogP contribution in [0.1, 0.15) is 49.1 Å².